The molecule has 2 aliphatic heterocycles. The van der Waals surface area contributed by atoms with Crippen LogP contribution in [0.4, 0.5) is 0 Å². The average Bonchev–Trinajstić information content (AvgIpc) is 3.24. The third kappa shape index (κ3) is 5.29. The zero-order valence-corrected chi connectivity index (χ0v) is 17.1. The maximum absolute atomic E-state index is 12.5. The molecule has 3 rings (SSSR count). The van der Waals surface area contributed by atoms with Crippen molar-refractivity contribution in [3.05, 3.63) is 35.4 Å². The first-order valence-electron chi connectivity index (χ1n) is 9.20. The number of thioether (sulfide) groups is 2. The topological polar surface area (TPSA) is 102 Å². The van der Waals surface area contributed by atoms with Crippen molar-refractivity contribution in [1.82, 2.24) is 4.90 Å². The van der Waals surface area contributed by atoms with Gasteiger partial charge < -0.3 is 15.4 Å². The van der Waals surface area contributed by atoms with Crippen LogP contribution in [0.15, 0.2) is 29.3 Å². The number of primary amides is 1. The van der Waals surface area contributed by atoms with Gasteiger partial charge in [-0.15, -0.1) is 0 Å². The van der Waals surface area contributed by atoms with Crippen molar-refractivity contribution < 1.29 is 19.1 Å². The average molecular weight is 422 g/mol. The van der Waals surface area contributed by atoms with E-state index in [0.717, 1.165) is 35.1 Å². The number of hydrogen-bond donors (Lipinski definition) is 1. The van der Waals surface area contributed by atoms with Crippen molar-refractivity contribution in [2.24, 2.45) is 10.7 Å². The molecule has 0 unspecified atom stereocenters. The fourth-order valence-corrected chi connectivity index (χ4v) is 5.21. The number of likely N-dealkylation sites (tertiary alicyclic amines) is 1. The summed E-state index contributed by atoms with van der Waals surface area (Å²) in [6.07, 6.45) is 2.22. The molecule has 150 valence electrons. The standard InChI is InChI=1S/C19H23N3O4S2/c20-17(24)15-7-3-4-9-22(15)16(23)11-26-18(25)14-6-2-1-5-13(14)12-28-19-21-8-10-27-19/h1-2,5-6,15H,3-4,7-12H2,(H2,20,24)/t15-/m1/s1. The van der Waals surface area contributed by atoms with Crippen LogP contribution in [0.3, 0.4) is 0 Å². The molecule has 1 saturated heterocycles. The van der Waals surface area contributed by atoms with Gasteiger partial charge in [0, 0.05) is 18.1 Å². The van der Waals surface area contributed by atoms with Gasteiger partial charge in [-0.25, -0.2) is 4.79 Å². The fraction of sp³-hybridized carbons (Fsp3) is 0.474. The van der Waals surface area contributed by atoms with Crippen LogP contribution < -0.4 is 5.73 Å². The minimum absolute atomic E-state index is 0.389. The Morgan fingerprint density at radius 2 is 2.11 bits per heavy atom. The van der Waals surface area contributed by atoms with Gasteiger partial charge in [-0.05, 0) is 30.9 Å². The molecule has 2 amide bonds. The highest BCUT2D eigenvalue weighted by Gasteiger charge is 2.31. The SMILES string of the molecule is NC(=O)[C@H]1CCCCN1C(=O)COC(=O)c1ccccc1CSC1=NCCS1. The van der Waals surface area contributed by atoms with E-state index >= 15 is 0 Å². The molecule has 28 heavy (non-hydrogen) atoms. The van der Waals surface area contributed by atoms with Gasteiger partial charge in [0.25, 0.3) is 5.91 Å². The molecule has 0 spiro atoms. The van der Waals surface area contributed by atoms with Crippen molar-refractivity contribution in [2.75, 3.05) is 25.4 Å². The Kier molecular flexibility index (Phi) is 7.38. The molecule has 2 aliphatic rings. The summed E-state index contributed by atoms with van der Waals surface area (Å²) in [5.74, 6) is 0.158. The highest BCUT2D eigenvalue weighted by molar-refractivity contribution is 8.38. The van der Waals surface area contributed by atoms with Crippen LogP contribution in [0.1, 0.15) is 35.2 Å². The Bertz CT molecular complexity index is 784. The highest BCUT2D eigenvalue weighted by atomic mass is 32.2. The van der Waals surface area contributed by atoms with Crippen LogP contribution in [-0.2, 0) is 20.1 Å². The van der Waals surface area contributed by atoms with Crippen LogP contribution in [0, 0.1) is 0 Å². The predicted octanol–water partition coefficient (Wildman–Crippen LogP) is 2.05. The number of benzene rings is 1. The second-order valence-electron chi connectivity index (χ2n) is 6.52. The van der Waals surface area contributed by atoms with Gasteiger partial charge >= 0.3 is 5.97 Å². The largest absolute Gasteiger partial charge is 0.452 e. The van der Waals surface area contributed by atoms with Crippen LogP contribution in [0.5, 0.6) is 0 Å². The van der Waals surface area contributed by atoms with E-state index in [9.17, 15) is 14.4 Å². The minimum atomic E-state index is -0.617. The number of aliphatic imine (C=N–C) groups is 1. The number of amides is 2. The molecule has 2 heterocycles. The Hall–Kier alpha value is -2.00. The molecule has 7 nitrogen and oxygen atoms in total. The molecule has 2 N–H and O–H groups in total. The van der Waals surface area contributed by atoms with E-state index in [1.54, 1.807) is 35.7 Å². The van der Waals surface area contributed by atoms with E-state index in [1.807, 2.05) is 12.1 Å². The van der Waals surface area contributed by atoms with E-state index < -0.39 is 24.5 Å². The summed E-state index contributed by atoms with van der Waals surface area (Å²) in [6.45, 7) is 0.894. The third-order valence-electron chi connectivity index (χ3n) is 4.62. The van der Waals surface area contributed by atoms with Gasteiger partial charge in [0.15, 0.2) is 6.61 Å². The van der Waals surface area contributed by atoms with Crippen LogP contribution in [0.2, 0.25) is 0 Å². The quantitative estimate of drug-likeness (QED) is 0.706. The molecule has 1 fully saturated rings. The molecule has 1 aromatic carbocycles. The molecule has 0 aromatic heterocycles. The lowest BCUT2D eigenvalue weighted by Gasteiger charge is -2.33. The molecule has 1 atom stereocenters. The Morgan fingerprint density at radius 3 is 2.86 bits per heavy atom. The van der Waals surface area contributed by atoms with Crippen molar-refractivity contribution in [1.29, 1.82) is 0 Å². The Morgan fingerprint density at radius 1 is 1.29 bits per heavy atom. The molecular weight excluding hydrogens is 398 g/mol. The summed E-state index contributed by atoms with van der Waals surface area (Å²) < 4.78 is 6.29. The predicted molar refractivity (Wildman–Crippen MR) is 111 cm³/mol. The lowest BCUT2D eigenvalue weighted by atomic mass is 10.0. The molecule has 9 heteroatoms. The molecule has 0 radical (unpaired) electrons. The molecule has 0 bridgehead atoms. The van der Waals surface area contributed by atoms with Crippen molar-refractivity contribution in [3.8, 4) is 0 Å². The normalized spacial score (nSPS) is 19.2. The Balaban J connectivity index is 1.58. The zero-order chi connectivity index (χ0) is 19.9. The monoisotopic (exact) mass is 421 g/mol. The van der Waals surface area contributed by atoms with E-state index in [1.165, 1.54) is 4.90 Å². The molecule has 0 saturated carbocycles. The number of ether oxygens (including phenoxy) is 1. The number of rotatable bonds is 6. The van der Waals surface area contributed by atoms with Gasteiger partial charge in [-0.3, -0.25) is 14.6 Å². The van der Waals surface area contributed by atoms with Gasteiger partial charge in [0.05, 0.1) is 12.1 Å². The lowest BCUT2D eigenvalue weighted by molar-refractivity contribution is -0.143. The lowest BCUT2D eigenvalue weighted by Crippen LogP contribution is -2.51. The van der Waals surface area contributed by atoms with Crippen LogP contribution in [0.25, 0.3) is 0 Å². The first-order valence-corrected chi connectivity index (χ1v) is 11.2. The fourth-order valence-electron chi connectivity index (χ4n) is 3.20. The first kappa shape index (κ1) is 20.7. The number of piperidine rings is 1. The summed E-state index contributed by atoms with van der Waals surface area (Å²) in [7, 11) is 0. The third-order valence-corrected chi connectivity index (χ3v) is 6.93. The maximum Gasteiger partial charge on any atom is 0.338 e. The Labute approximate surface area is 172 Å². The number of hydrogen-bond acceptors (Lipinski definition) is 7. The summed E-state index contributed by atoms with van der Waals surface area (Å²) in [5, 5.41) is 0. The van der Waals surface area contributed by atoms with Crippen molar-refractivity contribution >= 4 is 45.7 Å². The van der Waals surface area contributed by atoms with Crippen molar-refractivity contribution in [3.63, 3.8) is 0 Å². The van der Waals surface area contributed by atoms with Crippen LogP contribution in [-0.4, -0.2) is 58.6 Å². The zero-order valence-electron chi connectivity index (χ0n) is 15.5. The maximum atomic E-state index is 12.5. The number of carbonyl (C=O) groups excluding carboxylic acids is 3. The smallest absolute Gasteiger partial charge is 0.338 e. The van der Waals surface area contributed by atoms with Gasteiger partial charge in [0.2, 0.25) is 5.91 Å². The van der Waals surface area contributed by atoms with Gasteiger partial charge in [-0.2, -0.15) is 0 Å². The summed E-state index contributed by atoms with van der Waals surface area (Å²) in [6, 6.07) is 6.58. The second-order valence-corrected chi connectivity index (χ2v) is 8.83. The van der Waals surface area contributed by atoms with Crippen molar-refractivity contribution in [2.45, 2.75) is 31.1 Å². The molecule has 1 aromatic rings. The van der Waals surface area contributed by atoms with Gasteiger partial charge in [0.1, 0.15) is 10.4 Å². The van der Waals surface area contributed by atoms with Crippen LogP contribution >= 0.6 is 23.5 Å². The highest BCUT2D eigenvalue weighted by Crippen LogP contribution is 2.26. The number of esters is 1. The minimum Gasteiger partial charge on any atom is -0.452 e. The van der Waals surface area contributed by atoms with E-state index in [2.05, 4.69) is 4.99 Å². The first-order chi connectivity index (χ1) is 13.6. The summed E-state index contributed by atoms with van der Waals surface area (Å²) in [4.78, 5) is 42.4. The van der Waals surface area contributed by atoms with Gasteiger partial charge in [-0.1, -0.05) is 41.7 Å². The summed E-state index contributed by atoms with van der Waals surface area (Å²) in [5.41, 5.74) is 6.68. The number of carbonyl (C=O) groups is 3. The summed E-state index contributed by atoms with van der Waals surface area (Å²) >= 11 is 3.32. The molecule has 0 aliphatic carbocycles. The van der Waals surface area contributed by atoms with E-state index in [4.69, 9.17) is 10.5 Å². The van der Waals surface area contributed by atoms with E-state index in [-0.39, 0.29) is 5.91 Å². The second kappa shape index (κ2) is 9.97. The van der Waals surface area contributed by atoms with E-state index in [0.29, 0.717) is 24.3 Å². The number of nitrogens with two attached hydrogens (primary N) is 1. The molecular formula is C19H23N3O4S2. The number of nitrogens with zero attached hydrogens (tertiary/aromatic N) is 2.